The van der Waals surface area contributed by atoms with Crippen molar-refractivity contribution >= 4 is 52.4 Å². The number of nitrogens with zero attached hydrogens (tertiary/aromatic N) is 1. The predicted octanol–water partition coefficient (Wildman–Crippen LogP) is 5.51. The molecule has 1 heterocycles. The topological polar surface area (TPSA) is 96.3 Å². The SMILES string of the molecule is Cc1cc(NC(=O)C(C)SCC(=O)Nc2ccc(NC(C)c3ccccc3)c(Cl)c2)no1. The van der Waals surface area contributed by atoms with Crippen molar-refractivity contribution in [1.29, 1.82) is 0 Å². The van der Waals surface area contributed by atoms with Gasteiger partial charge >= 0.3 is 0 Å². The van der Waals surface area contributed by atoms with E-state index in [1.165, 1.54) is 11.8 Å². The number of aromatic nitrogens is 1. The molecule has 0 fully saturated rings. The second-order valence-electron chi connectivity index (χ2n) is 7.28. The van der Waals surface area contributed by atoms with E-state index in [9.17, 15) is 9.59 Å². The molecule has 0 spiro atoms. The van der Waals surface area contributed by atoms with Gasteiger partial charge in [-0.3, -0.25) is 9.59 Å². The molecule has 0 saturated heterocycles. The zero-order valence-electron chi connectivity index (χ0n) is 18.0. The number of hydrogen-bond acceptors (Lipinski definition) is 6. The van der Waals surface area contributed by atoms with E-state index in [0.29, 0.717) is 22.3 Å². The lowest BCUT2D eigenvalue weighted by Gasteiger charge is -2.17. The molecule has 3 rings (SSSR count). The highest BCUT2D eigenvalue weighted by atomic mass is 35.5. The molecule has 2 aromatic carbocycles. The lowest BCUT2D eigenvalue weighted by atomic mass is 10.1. The maximum Gasteiger partial charge on any atom is 0.238 e. The van der Waals surface area contributed by atoms with Crippen LogP contribution in [0.25, 0.3) is 0 Å². The minimum Gasteiger partial charge on any atom is -0.377 e. The zero-order valence-corrected chi connectivity index (χ0v) is 19.6. The number of carbonyl (C=O) groups is 2. The number of nitrogens with one attached hydrogen (secondary N) is 3. The van der Waals surface area contributed by atoms with E-state index in [0.717, 1.165) is 11.3 Å². The van der Waals surface area contributed by atoms with Crippen molar-refractivity contribution in [3.8, 4) is 0 Å². The van der Waals surface area contributed by atoms with Crippen LogP contribution in [0.15, 0.2) is 59.1 Å². The molecule has 0 radical (unpaired) electrons. The molecule has 3 aromatic rings. The van der Waals surface area contributed by atoms with E-state index >= 15 is 0 Å². The summed E-state index contributed by atoms with van der Waals surface area (Å²) >= 11 is 7.63. The van der Waals surface area contributed by atoms with Crippen LogP contribution in [0.3, 0.4) is 0 Å². The number of carbonyl (C=O) groups excluding carboxylic acids is 2. The number of amides is 2. The van der Waals surface area contributed by atoms with Crippen LogP contribution in [-0.2, 0) is 9.59 Å². The second-order valence-corrected chi connectivity index (χ2v) is 9.02. The third-order valence-corrected chi connectivity index (χ3v) is 6.09. The molecule has 2 unspecified atom stereocenters. The molecule has 2 atom stereocenters. The molecule has 32 heavy (non-hydrogen) atoms. The zero-order chi connectivity index (χ0) is 23.1. The Kier molecular flexibility index (Phi) is 8.19. The average Bonchev–Trinajstić information content (AvgIpc) is 3.18. The Balaban J connectivity index is 1.48. The maximum atomic E-state index is 12.3. The molecule has 168 valence electrons. The van der Waals surface area contributed by atoms with Gasteiger partial charge in [0, 0.05) is 17.8 Å². The summed E-state index contributed by atoms with van der Waals surface area (Å²) in [7, 11) is 0. The van der Waals surface area contributed by atoms with Crippen LogP contribution in [-0.4, -0.2) is 28.0 Å². The van der Waals surface area contributed by atoms with E-state index < -0.39 is 5.25 Å². The van der Waals surface area contributed by atoms with Crippen LogP contribution < -0.4 is 16.0 Å². The van der Waals surface area contributed by atoms with Crippen molar-refractivity contribution in [2.24, 2.45) is 0 Å². The van der Waals surface area contributed by atoms with E-state index in [2.05, 4.69) is 28.0 Å². The van der Waals surface area contributed by atoms with Gasteiger partial charge < -0.3 is 20.5 Å². The third kappa shape index (κ3) is 6.77. The summed E-state index contributed by atoms with van der Waals surface area (Å²) in [6, 6.07) is 17.1. The summed E-state index contributed by atoms with van der Waals surface area (Å²) < 4.78 is 4.92. The van der Waals surface area contributed by atoms with Gasteiger partial charge in [-0.25, -0.2) is 0 Å². The fourth-order valence-corrected chi connectivity index (χ4v) is 3.81. The third-order valence-electron chi connectivity index (χ3n) is 4.64. The Morgan fingerprint density at radius 3 is 2.50 bits per heavy atom. The fourth-order valence-electron chi connectivity index (χ4n) is 2.89. The molecule has 2 amide bonds. The van der Waals surface area contributed by atoms with Gasteiger partial charge in [-0.2, -0.15) is 0 Å². The largest absolute Gasteiger partial charge is 0.377 e. The fraction of sp³-hybridized carbons (Fsp3) is 0.261. The summed E-state index contributed by atoms with van der Waals surface area (Å²) in [5, 5.41) is 12.6. The maximum absolute atomic E-state index is 12.3. The van der Waals surface area contributed by atoms with E-state index in [1.54, 1.807) is 32.0 Å². The standard InChI is InChI=1S/C23H25ClN4O3S/c1-14-11-21(28-31-14)27-23(30)16(3)32-13-22(29)26-18-9-10-20(19(24)12-18)25-15(2)17-7-5-4-6-8-17/h4-12,15-16,25H,13H2,1-3H3,(H,26,29)(H,27,28,30). The van der Waals surface area contributed by atoms with E-state index in [1.807, 2.05) is 36.4 Å². The van der Waals surface area contributed by atoms with Crippen molar-refractivity contribution in [3.05, 3.63) is 70.9 Å². The Labute approximate surface area is 196 Å². The van der Waals surface area contributed by atoms with Gasteiger partial charge in [-0.05, 0) is 44.5 Å². The molecule has 0 aliphatic rings. The number of anilines is 3. The van der Waals surface area contributed by atoms with Gasteiger partial charge in [0.05, 0.1) is 21.7 Å². The molecular weight excluding hydrogens is 448 g/mol. The minimum absolute atomic E-state index is 0.0827. The summed E-state index contributed by atoms with van der Waals surface area (Å²) in [6.45, 7) is 5.52. The van der Waals surface area contributed by atoms with Gasteiger partial charge in [-0.1, -0.05) is 47.1 Å². The molecule has 0 saturated carbocycles. The molecule has 0 aliphatic carbocycles. The highest BCUT2D eigenvalue weighted by molar-refractivity contribution is 8.01. The smallest absolute Gasteiger partial charge is 0.238 e. The van der Waals surface area contributed by atoms with Crippen LogP contribution in [0, 0.1) is 6.92 Å². The molecule has 1 aromatic heterocycles. The molecule has 0 bridgehead atoms. The normalized spacial score (nSPS) is 12.6. The lowest BCUT2D eigenvalue weighted by molar-refractivity contribution is -0.115. The predicted molar refractivity (Wildman–Crippen MR) is 130 cm³/mol. The first-order valence-corrected chi connectivity index (χ1v) is 11.5. The van der Waals surface area contributed by atoms with Crippen molar-refractivity contribution in [2.45, 2.75) is 32.1 Å². The quantitative estimate of drug-likeness (QED) is 0.380. The van der Waals surface area contributed by atoms with Crippen molar-refractivity contribution < 1.29 is 14.1 Å². The summed E-state index contributed by atoms with van der Waals surface area (Å²) in [5.74, 6) is 0.613. The van der Waals surface area contributed by atoms with Crippen LogP contribution in [0.5, 0.6) is 0 Å². The van der Waals surface area contributed by atoms with Gasteiger partial charge in [-0.15, -0.1) is 11.8 Å². The molecule has 7 nitrogen and oxygen atoms in total. The monoisotopic (exact) mass is 472 g/mol. The summed E-state index contributed by atoms with van der Waals surface area (Å²) in [4.78, 5) is 24.5. The second kappa shape index (κ2) is 11.1. The first-order valence-electron chi connectivity index (χ1n) is 10.1. The number of aryl methyl sites for hydroxylation is 1. The van der Waals surface area contributed by atoms with Crippen molar-refractivity contribution in [3.63, 3.8) is 0 Å². The van der Waals surface area contributed by atoms with Crippen molar-refractivity contribution in [2.75, 3.05) is 21.7 Å². The van der Waals surface area contributed by atoms with Crippen LogP contribution >= 0.6 is 23.4 Å². The van der Waals surface area contributed by atoms with E-state index in [4.69, 9.17) is 16.1 Å². The number of rotatable bonds is 9. The van der Waals surface area contributed by atoms with Crippen LogP contribution in [0.2, 0.25) is 5.02 Å². The minimum atomic E-state index is -0.438. The van der Waals surface area contributed by atoms with E-state index in [-0.39, 0.29) is 23.6 Å². The highest BCUT2D eigenvalue weighted by Crippen LogP contribution is 2.29. The van der Waals surface area contributed by atoms with Gasteiger partial charge in [0.1, 0.15) is 5.76 Å². The lowest BCUT2D eigenvalue weighted by Crippen LogP contribution is -2.25. The Bertz CT molecular complexity index is 1070. The van der Waals surface area contributed by atoms with Gasteiger partial charge in [0.25, 0.3) is 0 Å². The van der Waals surface area contributed by atoms with Crippen LogP contribution in [0.4, 0.5) is 17.2 Å². The molecule has 9 heteroatoms. The van der Waals surface area contributed by atoms with Gasteiger partial charge in [0.15, 0.2) is 5.82 Å². The Morgan fingerprint density at radius 2 is 1.84 bits per heavy atom. The number of benzene rings is 2. The van der Waals surface area contributed by atoms with Gasteiger partial charge in [0.2, 0.25) is 11.8 Å². The Hall–Kier alpha value is -2.97. The first-order chi connectivity index (χ1) is 15.3. The average molecular weight is 473 g/mol. The first kappa shape index (κ1) is 23.7. The summed E-state index contributed by atoms with van der Waals surface area (Å²) in [5.41, 5.74) is 2.52. The number of hydrogen-bond donors (Lipinski definition) is 3. The molecule has 0 aliphatic heterocycles. The number of halogens is 1. The molecule has 3 N–H and O–H groups in total. The highest BCUT2D eigenvalue weighted by Gasteiger charge is 2.17. The Morgan fingerprint density at radius 1 is 1.09 bits per heavy atom. The molecular formula is C23H25ClN4O3S. The van der Waals surface area contributed by atoms with Crippen LogP contribution in [0.1, 0.15) is 31.2 Å². The number of thioether (sulfide) groups is 1. The summed E-state index contributed by atoms with van der Waals surface area (Å²) in [6.07, 6.45) is 0. The van der Waals surface area contributed by atoms with Crippen molar-refractivity contribution in [1.82, 2.24) is 5.16 Å².